The monoisotopic (exact) mass is 986 g/mol. The van der Waals surface area contributed by atoms with E-state index in [0.29, 0.717) is 25.9 Å². The van der Waals surface area contributed by atoms with Crippen molar-refractivity contribution in [2.45, 2.75) is 360 Å². The van der Waals surface area contributed by atoms with E-state index in [-0.39, 0.29) is 18.5 Å². The molecule has 0 aliphatic heterocycles. The predicted octanol–water partition coefficient (Wildman–Crippen LogP) is 19.8. The Bertz CT molecular complexity index is 1090. The van der Waals surface area contributed by atoms with Crippen LogP contribution in [0.5, 0.6) is 0 Å². The number of allylic oxidation sites excluding steroid dienone is 4. The van der Waals surface area contributed by atoms with E-state index in [1.165, 1.54) is 270 Å². The number of aliphatic hydroxyl groups is 2. The van der Waals surface area contributed by atoms with Gasteiger partial charge in [0.1, 0.15) is 0 Å². The maximum atomic E-state index is 12.5. The summed E-state index contributed by atoms with van der Waals surface area (Å²) in [7, 11) is 0. The Balaban J connectivity index is 3.39. The van der Waals surface area contributed by atoms with Gasteiger partial charge in [0.15, 0.2) is 0 Å². The van der Waals surface area contributed by atoms with Crippen molar-refractivity contribution in [2.75, 3.05) is 13.2 Å². The molecule has 0 radical (unpaired) electrons. The third-order valence-electron chi connectivity index (χ3n) is 14.7. The van der Waals surface area contributed by atoms with Crippen molar-refractivity contribution >= 4 is 11.9 Å². The third kappa shape index (κ3) is 55.7. The number of nitrogens with one attached hydrogen (secondary N) is 1. The standard InChI is InChI=1S/C64H123NO5/c1-3-5-7-9-11-13-15-17-29-34-38-42-46-50-54-58-64(69)70-59-55-51-47-43-39-35-31-28-26-24-22-20-19-21-23-25-27-30-33-37-41-45-49-53-57-63(68)65-61(60-66)62(67)56-52-48-44-40-36-32-18-16-14-12-10-8-6-4-2/h17,21,23,29,61-62,66-67H,3-16,18-20,22,24-28,30-60H2,1-2H3,(H,65,68)/b23-21-,29-17-. The van der Waals surface area contributed by atoms with Crippen LogP contribution in [0.4, 0.5) is 0 Å². The summed E-state index contributed by atoms with van der Waals surface area (Å²) in [6.45, 7) is 4.96. The lowest BCUT2D eigenvalue weighted by molar-refractivity contribution is -0.143. The van der Waals surface area contributed by atoms with Crippen LogP contribution in [-0.2, 0) is 14.3 Å². The second-order valence-electron chi connectivity index (χ2n) is 21.7. The lowest BCUT2D eigenvalue weighted by Gasteiger charge is -2.22. The van der Waals surface area contributed by atoms with Gasteiger partial charge in [-0.25, -0.2) is 0 Å². The Labute approximate surface area is 437 Å². The summed E-state index contributed by atoms with van der Waals surface area (Å²) in [6, 6.07) is -0.544. The van der Waals surface area contributed by atoms with Gasteiger partial charge in [-0.1, -0.05) is 282 Å². The molecule has 0 spiro atoms. The van der Waals surface area contributed by atoms with Gasteiger partial charge < -0.3 is 20.3 Å². The molecule has 0 bridgehead atoms. The highest BCUT2D eigenvalue weighted by Crippen LogP contribution is 2.17. The van der Waals surface area contributed by atoms with Crippen LogP contribution in [0.15, 0.2) is 24.3 Å². The van der Waals surface area contributed by atoms with Gasteiger partial charge in [0.2, 0.25) is 5.91 Å². The number of amides is 1. The maximum absolute atomic E-state index is 12.5. The molecule has 0 aromatic rings. The predicted molar refractivity (Wildman–Crippen MR) is 306 cm³/mol. The number of aliphatic hydroxyl groups excluding tert-OH is 2. The van der Waals surface area contributed by atoms with E-state index in [9.17, 15) is 19.8 Å². The number of hydrogen-bond acceptors (Lipinski definition) is 5. The summed E-state index contributed by atoms with van der Waals surface area (Å²) in [5.74, 6) is -0.0331. The molecule has 0 aliphatic rings. The zero-order valence-electron chi connectivity index (χ0n) is 47.3. The highest BCUT2D eigenvalue weighted by molar-refractivity contribution is 5.76. The van der Waals surface area contributed by atoms with Crippen LogP contribution in [-0.4, -0.2) is 47.4 Å². The highest BCUT2D eigenvalue weighted by Gasteiger charge is 2.20. The van der Waals surface area contributed by atoms with Gasteiger partial charge in [0.05, 0.1) is 25.4 Å². The zero-order chi connectivity index (χ0) is 50.7. The quantitative estimate of drug-likeness (QED) is 0.0321. The van der Waals surface area contributed by atoms with E-state index in [1.807, 2.05) is 0 Å². The first-order chi connectivity index (χ1) is 34.5. The lowest BCUT2D eigenvalue weighted by Crippen LogP contribution is -2.45. The molecule has 414 valence electrons. The van der Waals surface area contributed by atoms with E-state index in [2.05, 4.69) is 43.5 Å². The molecule has 3 N–H and O–H groups in total. The smallest absolute Gasteiger partial charge is 0.305 e. The lowest BCUT2D eigenvalue weighted by atomic mass is 10.0. The molecule has 0 fully saturated rings. The molecule has 0 aliphatic carbocycles. The minimum absolute atomic E-state index is 0.00497. The summed E-state index contributed by atoms with van der Waals surface area (Å²) in [4.78, 5) is 24.5. The SMILES string of the molecule is CCCCCCCC/C=C\CCCCCCCC(=O)OCCCCCCCCCCCCCC/C=C\CCCCCCCCCCC(=O)NC(CO)C(O)CCCCCCCCCCCCCCCC. The third-order valence-corrected chi connectivity index (χ3v) is 14.7. The van der Waals surface area contributed by atoms with E-state index < -0.39 is 12.1 Å². The van der Waals surface area contributed by atoms with E-state index in [1.54, 1.807) is 0 Å². The molecular weight excluding hydrogens is 863 g/mol. The van der Waals surface area contributed by atoms with Crippen molar-refractivity contribution in [1.82, 2.24) is 5.32 Å². The minimum atomic E-state index is -0.666. The first kappa shape index (κ1) is 68.3. The van der Waals surface area contributed by atoms with Crippen LogP contribution in [0.1, 0.15) is 348 Å². The number of carbonyl (C=O) groups is 2. The van der Waals surface area contributed by atoms with Crippen LogP contribution in [0, 0.1) is 0 Å². The van der Waals surface area contributed by atoms with Gasteiger partial charge in [-0.2, -0.15) is 0 Å². The van der Waals surface area contributed by atoms with Gasteiger partial charge in [0.25, 0.3) is 0 Å². The van der Waals surface area contributed by atoms with E-state index in [0.717, 1.165) is 44.9 Å². The number of carbonyl (C=O) groups excluding carboxylic acids is 2. The van der Waals surface area contributed by atoms with E-state index >= 15 is 0 Å². The largest absolute Gasteiger partial charge is 0.466 e. The van der Waals surface area contributed by atoms with Crippen molar-refractivity contribution in [1.29, 1.82) is 0 Å². The fourth-order valence-electron chi connectivity index (χ4n) is 9.87. The molecule has 1 amide bonds. The fourth-order valence-corrected chi connectivity index (χ4v) is 9.87. The van der Waals surface area contributed by atoms with Crippen molar-refractivity contribution in [3.05, 3.63) is 24.3 Å². The average molecular weight is 987 g/mol. The van der Waals surface area contributed by atoms with Gasteiger partial charge in [-0.05, 0) is 77.0 Å². The molecule has 0 saturated heterocycles. The summed E-state index contributed by atoms with van der Waals surface area (Å²) < 4.78 is 5.48. The first-order valence-electron chi connectivity index (χ1n) is 31.6. The van der Waals surface area contributed by atoms with Crippen molar-refractivity contribution < 1.29 is 24.5 Å². The molecule has 0 rings (SSSR count). The second kappa shape index (κ2) is 59.9. The second-order valence-corrected chi connectivity index (χ2v) is 21.7. The molecule has 6 nitrogen and oxygen atoms in total. The van der Waals surface area contributed by atoms with Crippen molar-refractivity contribution in [3.63, 3.8) is 0 Å². The molecule has 6 heteroatoms. The van der Waals surface area contributed by atoms with E-state index in [4.69, 9.17) is 4.74 Å². The number of rotatable bonds is 59. The molecular formula is C64H123NO5. The van der Waals surface area contributed by atoms with Gasteiger partial charge in [-0.3, -0.25) is 9.59 Å². The number of unbranched alkanes of at least 4 members (excludes halogenated alkanes) is 44. The molecule has 0 aromatic heterocycles. The summed E-state index contributed by atoms with van der Waals surface area (Å²) >= 11 is 0. The average Bonchev–Trinajstić information content (AvgIpc) is 3.36. The number of esters is 1. The highest BCUT2D eigenvalue weighted by atomic mass is 16.5. The first-order valence-corrected chi connectivity index (χ1v) is 31.6. The molecule has 2 unspecified atom stereocenters. The van der Waals surface area contributed by atoms with Crippen LogP contribution in [0.25, 0.3) is 0 Å². The van der Waals surface area contributed by atoms with Crippen LogP contribution < -0.4 is 5.32 Å². The van der Waals surface area contributed by atoms with Gasteiger partial charge in [-0.15, -0.1) is 0 Å². The topological polar surface area (TPSA) is 95.9 Å². The van der Waals surface area contributed by atoms with Crippen LogP contribution >= 0.6 is 0 Å². The molecule has 70 heavy (non-hydrogen) atoms. The Morgan fingerprint density at radius 3 is 1.01 bits per heavy atom. The van der Waals surface area contributed by atoms with Crippen LogP contribution in [0.3, 0.4) is 0 Å². The summed E-state index contributed by atoms with van der Waals surface area (Å²) in [5.41, 5.74) is 0. The van der Waals surface area contributed by atoms with Gasteiger partial charge in [0, 0.05) is 12.8 Å². The Morgan fingerprint density at radius 2 is 0.671 bits per heavy atom. The fraction of sp³-hybridized carbons (Fsp3) is 0.906. The molecule has 0 aromatic carbocycles. The number of hydrogen-bond donors (Lipinski definition) is 3. The molecule has 2 atom stereocenters. The summed E-state index contributed by atoms with van der Waals surface area (Å²) in [5, 5.41) is 23.3. The number of ether oxygens (including phenoxy) is 1. The van der Waals surface area contributed by atoms with Crippen molar-refractivity contribution in [3.8, 4) is 0 Å². The van der Waals surface area contributed by atoms with Crippen LogP contribution in [0.2, 0.25) is 0 Å². The Kier molecular flexibility index (Phi) is 58.5. The maximum Gasteiger partial charge on any atom is 0.305 e. The van der Waals surface area contributed by atoms with Gasteiger partial charge >= 0.3 is 5.97 Å². The normalized spacial score (nSPS) is 12.7. The molecule has 0 heterocycles. The minimum Gasteiger partial charge on any atom is -0.466 e. The summed E-state index contributed by atoms with van der Waals surface area (Å²) in [6.07, 6.45) is 73.3. The zero-order valence-corrected chi connectivity index (χ0v) is 47.3. The molecule has 0 saturated carbocycles. The Hall–Kier alpha value is -1.66. The van der Waals surface area contributed by atoms with Crippen molar-refractivity contribution in [2.24, 2.45) is 0 Å². The Morgan fingerprint density at radius 1 is 0.386 bits per heavy atom.